The molecule has 0 aliphatic heterocycles. The molecule has 3 aromatic rings. The molecule has 0 fully saturated rings. The normalized spacial score (nSPS) is 10.6. The van der Waals surface area contributed by atoms with Gasteiger partial charge in [0, 0.05) is 11.8 Å². The number of carbonyl (C=O) groups is 2. The zero-order valence-corrected chi connectivity index (χ0v) is 19.2. The number of hydrogen-bond donors (Lipinski definition) is 2. The molecule has 0 saturated carbocycles. The fourth-order valence-electron chi connectivity index (χ4n) is 2.65. The molecule has 8 nitrogen and oxygen atoms in total. The molecule has 2 aromatic carbocycles. The molecule has 0 atom stereocenters. The topological polar surface area (TPSA) is 110 Å². The first-order valence-corrected chi connectivity index (χ1v) is 11.4. The molecular formula is C24H25N3O5S. The van der Waals surface area contributed by atoms with Crippen molar-refractivity contribution in [2.75, 3.05) is 17.7 Å². The maximum Gasteiger partial charge on any atom is 0.338 e. The minimum absolute atomic E-state index is 0.0458. The van der Waals surface area contributed by atoms with Crippen LogP contribution in [0.2, 0.25) is 0 Å². The van der Waals surface area contributed by atoms with Crippen LogP contribution in [0.5, 0.6) is 5.75 Å². The van der Waals surface area contributed by atoms with Crippen molar-refractivity contribution in [2.24, 2.45) is 5.92 Å². The fraction of sp³-hybridized carbons (Fsp3) is 0.250. The first-order valence-electron chi connectivity index (χ1n) is 10.4. The van der Waals surface area contributed by atoms with E-state index >= 15 is 0 Å². The number of aromatic nitrogens is 2. The van der Waals surface area contributed by atoms with Gasteiger partial charge in [-0.25, -0.2) is 9.78 Å². The molecule has 0 saturated heterocycles. The van der Waals surface area contributed by atoms with Crippen molar-refractivity contribution in [3.63, 3.8) is 0 Å². The molecule has 0 aliphatic rings. The summed E-state index contributed by atoms with van der Waals surface area (Å²) >= 11 is 1.11. The van der Waals surface area contributed by atoms with Gasteiger partial charge in [-0.2, -0.15) is 0 Å². The Kier molecular flexibility index (Phi) is 8.65. The zero-order chi connectivity index (χ0) is 23.6. The number of ether oxygens (including phenoxy) is 2. The summed E-state index contributed by atoms with van der Waals surface area (Å²) in [6.45, 7) is 4.41. The molecule has 172 valence electrons. The largest absolute Gasteiger partial charge is 0.487 e. The summed E-state index contributed by atoms with van der Waals surface area (Å²) in [5, 5.41) is 3.07. The van der Waals surface area contributed by atoms with Gasteiger partial charge < -0.3 is 19.8 Å². The van der Waals surface area contributed by atoms with Gasteiger partial charge in [0.2, 0.25) is 5.91 Å². The molecular weight excluding hydrogens is 442 g/mol. The van der Waals surface area contributed by atoms with Gasteiger partial charge in [-0.15, -0.1) is 0 Å². The SMILES string of the molecule is CC(C)COC(=O)c1ccc(NC(=O)CSc2nc(COc3ccccc3)cc(=O)[nH]2)cc1. The number of H-pyrrole nitrogens is 1. The monoisotopic (exact) mass is 467 g/mol. The van der Waals surface area contributed by atoms with Crippen LogP contribution in [-0.2, 0) is 16.1 Å². The van der Waals surface area contributed by atoms with Gasteiger partial charge in [0.25, 0.3) is 5.56 Å². The Morgan fingerprint density at radius 2 is 1.82 bits per heavy atom. The molecule has 33 heavy (non-hydrogen) atoms. The Morgan fingerprint density at radius 1 is 1.09 bits per heavy atom. The Bertz CT molecular complexity index is 1130. The minimum atomic E-state index is -0.400. The highest BCUT2D eigenvalue weighted by Crippen LogP contribution is 2.16. The average Bonchev–Trinajstić information content (AvgIpc) is 2.81. The predicted octanol–water partition coefficient (Wildman–Crippen LogP) is 3.89. The Morgan fingerprint density at radius 3 is 2.52 bits per heavy atom. The summed E-state index contributed by atoms with van der Waals surface area (Å²) in [6, 6.07) is 17.0. The number of nitrogens with one attached hydrogen (secondary N) is 2. The molecule has 2 N–H and O–H groups in total. The number of anilines is 1. The number of aromatic amines is 1. The van der Waals surface area contributed by atoms with Crippen LogP contribution in [0.3, 0.4) is 0 Å². The summed E-state index contributed by atoms with van der Waals surface area (Å²) in [5.41, 5.74) is 1.11. The molecule has 3 rings (SSSR count). The lowest BCUT2D eigenvalue weighted by Gasteiger charge is -2.09. The number of amides is 1. The van der Waals surface area contributed by atoms with Gasteiger partial charge in [0.05, 0.1) is 23.6 Å². The van der Waals surface area contributed by atoms with E-state index in [0.717, 1.165) is 11.8 Å². The second kappa shape index (κ2) is 11.9. The minimum Gasteiger partial charge on any atom is -0.487 e. The highest BCUT2D eigenvalue weighted by atomic mass is 32.2. The van der Waals surface area contributed by atoms with E-state index in [-0.39, 0.29) is 29.7 Å². The van der Waals surface area contributed by atoms with Crippen LogP contribution in [-0.4, -0.2) is 34.2 Å². The quantitative estimate of drug-likeness (QED) is 0.264. The molecule has 1 aromatic heterocycles. The van der Waals surface area contributed by atoms with Crippen LogP contribution in [0.25, 0.3) is 0 Å². The molecule has 0 radical (unpaired) electrons. The number of thioether (sulfide) groups is 1. The van der Waals surface area contributed by atoms with Crippen molar-refractivity contribution in [1.82, 2.24) is 9.97 Å². The fourth-order valence-corrected chi connectivity index (χ4v) is 3.34. The van der Waals surface area contributed by atoms with Crippen molar-refractivity contribution in [2.45, 2.75) is 25.6 Å². The van der Waals surface area contributed by atoms with Crippen molar-refractivity contribution in [3.05, 3.63) is 82.3 Å². The number of nitrogens with zero attached hydrogens (tertiary/aromatic N) is 1. The third-order valence-electron chi connectivity index (χ3n) is 4.20. The van der Waals surface area contributed by atoms with Gasteiger partial charge in [-0.05, 0) is 42.3 Å². The second-order valence-electron chi connectivity index (χ2n) is 7.55. The number of para-hydroxylation sites is 1. The van der Waals surface area contributed by atoms with Crippen LogP contribution in [0.1, 0.15) is 29.9 Å². The lowest BCUT2D eigenvalue weighted by Crippen LogP contribution is -2.16. The summed E-state index contributed by atoms with van der Waals surface area (Å²) in [5.74, 6) is 0.301. The third kappa shape index (κ3) is 8.12. The van der Waals surface area contributed by atoms with Crippen molar-refractivity contribution < 1.29 is 19.1 Å². The number of hydrogen-bond acceptors (Lipinski definition) is 7. The van der Waals surface area contributed by atoms with Crippen LogP contribution >= 0.6 is 11.8 Å². The van der Waals surface area contributed by atoms with E-state index < -0.39 is 5.97 Å². The van der Waals surface area contributed by atoms with E-state index in [9.17, 15) is 14.4 Å². The Hall–Kier alpha value is -3.59. The lowest BCUT2D eigenvalue weighted by atomic mass is 10.2. The first-order chi connectivity index (χ1) is 15.9. The van der Waals surface area contributed by atoms with Crippen LogP contribution in [0, 0.1) is 5.92 Å². The maximum atomic E-state index is 12.3. The molecule has 1 amide bonds. The Balaban J connectivity index is 1.50. The molecule has 9 heteroatoms. The average molecular weight is 468 g/mol. The smallest absolute Gasteiger partial charge is 0.338 e. The van der Waals surface area contributed by atoms with E-state index in [0.29, 0.717) is 34.5 Å². The summed E-state index contributed by atoms with van der Waals surface area (Å²) in [4.78, 5) is 43.1. The van der Waals surface area contributed by atoms with Gasteiger partial charge in [-0.3, -0.25) is 9.59 Å². The molecule has 1 heterocycles. The predicted molar refractivity (Wildman–Crippen MR) is 127 cm³/mol. The molecule has 0 bridgehead atoms. The summed E-state index contributed by atoms with van der Waals surface area (Å²) < 4.78 is 10.8. The highest BCUT2D eigenvalue weighted by Gasteiger charge is 2.10. The first kappa shape index (κ1) is 24.1. The standard InChI is InChI=1S/C24H25N3O5S/c1-16(2)13-32-23(30)17-8-10-18(11-9-17)25-22(29)15-33-24-26-19(12-21(28)27-24)14-31-20-6-4-3-5-7-20/h3-12,16H,13-15H2,1-2H3,(H,25,29)(H,26,27,28). The van der Waals surface area contributed by atoms with Gasteiger partial charge in [-0.1, -0.05) is 43.8 Å². The Labute approximate surface area is 195 Å². The van der Waals surface area contributed by atoms with E-state index in [1.807, 2.05) is 44.2 Å². The van der Waals surface area contributed by atoms with E-state index in [4.69, 9.17) is 9.47 Å². The van der Waals surface area contributed by atoms with Crippen LogP contribution in [0.15, 0.2) is 70.6 Å². The molecule has 0 unspecified atom stereocenters. The summed E-state index contributed by atoms with van der Waals surface area (Å²) in [6.07, 6.45) is 0. The second-order valence-corrected chi connectivity index (χ2v) is 8.51. The van der Waals surface area contributed by atoms with Crippen molar-refractivity contribution in [3.8, 4) is 5.75 Å². The number of carbonyl (C=O) groups excluding carboxylic acids is 2. The van der Waals surface area contributed by atoms with E-state index in [1.54, 1.807) is 24.3 Å². The van der Waals surface area contributed by atoms with Gasteiger partial charge in [0.1, 0.15) is 12.4 Å². The molecule has 0 spiro atoms. The van der Waals surface area contributed by atoms with E-state index in [2.05, 4.69) is 15.3 Å². The third-order valence-corrected chi connectivity index (χ3v) is 5.07. The van der Waals surface area contributed by atoms with Crippen molar-refractivity contribution in [1.29, 1.82) is 0 Å². The van der Waals surface area contributed by atoms with Crippen molar-refractivity contribution >= 4 is 29.3 Å². The van der Waals surface area contributed by atoms with Crippen LogP contribution < -0.4 is 15.6 Å². The zero-order valence-electron chi connectivity index (χ0n) is 18.4. The maximum absolute atomic E-state index is 12.3. The van der Waals surface area contributed by atoms with Gasteiger partial charge >= 0.3 is 5.97 Å². The summed E-state index contributed by atoms with van der Waals surface area (Å²) in [7, 11) is 0. The highest BCUT2D eigenvalue weighted by molar-refractivity contribution is 7.99. The number of benzene rings is 2. The number of esters is 1. The van der Waals surface area contributed by atoms with E-state index in [1.165, 1.54) is 6.07 Å². The van der Waals surface area contributed by atoms with Gasteiger partial charge in [0.15, 0.2) is 5.16 Å². The van der Waals surface area contributed by atoms with Crippen LogP contribution in [0.4, 0.5) is 5.69 Å². The molecule has 0 aliphatic carbocycles. The lowest BCUT2D eigenvalue weighted by molar-refractivity contribution is -0.113. The number of rotatable bonds is 10.